The van der Waals surface area contributed by atoms with Gasteiger partial charge in [0, 0.05) is 4.47 Å². The predicted molar refractivity (Wildman–Crippen MR) is 87.1 cm³/mol. The first-order chi connectivity index (χ1) is 9.66. The lowest BCUT2D eigenvalue weighted by Crippen LogP contribution is -2.15. The number of hydrogen-bond acceptors (Lipinski definition) is 2. The first-order valence-corrected chi connectivity index (χ1v) is 8.16. The van der Waals surface area contributed by atoms with Gasteiger partial charge in [0.1, 0.15) is 13.2 Å². The topological polar surface area (TPSA) is 18.5 Å². The van der Waals surface area contributed by atoms with E-state index in [0.29, 0.717) is 13.2 Å². The molecule has 0 aliphatic carbocycles. The number of hydrogen-bond donors (Lipinski definition) is 0. The zero-order chi connectivity index (χ0) is 14.1. The van der Waals surface area contributed by atoms with Crippen LogP contribution in [0.5, 0.6) is 11.5 Å². The summed E-state index contributed by atoms with van der Waals surface area (Å²) in [7, 11) is 0. The molecule has 0 saturated heterocycles. The Kier molecular flexibility index (Phi) is 4.03. The van der Waals surface area contributed by atoms with Gasteiger partial charge in [0.2, 0.25) is 0 Å². The molecule has 0 N–H and O–H groups in total. The Morgan fingerprint density at radius 1 is 1.05 bits per heavy atom. The van der Waals surface area contributed by atoms with Crippen molar-refractivity contribution in [2.75, 3.05) is 13.2 Å². The van der Waals surface area contributed by atoms with E-state index < -0.39 is 0 Å². The lowest BCUT2D eigenvalue weighted by molar-refractivity contribution is 0.171. The molecule has 0 bridgehead atoms. The summed E-state index contributed by atoms with van der Waals surface area (Å²) in [6.07, 6.45) is 0. The molecule has 3 rings (SSSR count). The van der Waals surface area contributed by atoms with Gasteiger partial charge in [-0.3, -0.25) is 0 Å². The Morgan fingerprint density at radius 2 is 1.80 bits per heavy atom. The van der Waals surface area contributed by atoms with Crippen LogP contribution in [0.1, 0.15) is 21.5 Å². The summed E-state index contributed by atoms with van der Waals surface area (Å²) in [6.45, 7) is 3.32. The van der Waals surface area contributed by atoms with Gasteiger partial charge in [0.15, 0.2) is 11.5 Å². The van der Waals surface area contributed by atoms with Crippen molar-refractivity contribution < 1.29 is 9.47 Å². The van der Waals surface area contributed by atoms with Crippen molar-refractivity contribution in [1.29, 1.82) is 0 Å². The minimum atomic E-state index is 0.118. The van der Waals surface area contributed by atoms with Gasteiger partial charge in [-0.2, -0.15) is 0 Å². The molecule has 0 amide bonds. The van der Waals surface area contributed by atoms with E-state index in [9.17, 15) is 0 Å². The smallest absolute Gasteiger partial charge is 0.161 e. The van der Waals surface area contributed by atoms with E-state index in [1.165, 1.54) is 11.1 Å². The second-order valence-electron chi connectivity index (χ2n) is 4.74. The average Bonchev–Trinajstić information content (AvgIpc) is 2.49. The molecule has 104 valence electrons. The van der Waals surface area contributed by atoms with Crippen LogP contribution in [0.2, 0.25) is 0 Å². The van der Waals surface area contributed by atoms with E-state index in [-0.39, 0.29) is 4.83 Å². The Hall–Kier alpha value is -1.00. The van der Waals surface area contributed by atoms with Crippen LogP contribution in [0.3, 0.4) is 0 Å². The van der Waals surface area contributed by atoms with Crippen LogP contribution in [0.15, 0.2) is 40.9 Å². The van der Waals surface area contributed by atoms with E-state index in [4.69, 9.17) is 9.47 Å². The van der Waals surface area contributed by atoms with Gasteiger partial charge in [-0.15, -0.1) is 0 Å². The number of rotatable bonds is 2. The van der Waals surface area contributed by atoms with Gasteiger partial charge in [-0.25, -0.2) is 0 Å². The highest BCUT2D eigenvalue weighted by molar-refractivity contribution is 9.11. The molecule has 2 aromatic carbocycles. The van der Waals surface area contributed by atoms with E-state index >= 15 is 0 Å². The van der Waals surface area contributed by atoms with Crippen LogP contribution < -0.4 is 9.47 Å². The Morgan fingerprint density at radius 3 is 2.60 bits per heavy atom. The van der Waals surface area contributed by atoms with Gasteiger partial charge in [-0.1, -0.05) is 56.1 Å². The number of fused-ring (bicyclic) bond motifs is 1. The van der Waals surface area contributed by atoms with Crippen molar-refractivity contribution in [3.8, 4) is 11.5 Å². The van der Waals surface area contributed by atoms with Crippen molar-refractivity contribution in [2.24, 2.45) is 0 Å². The van der Waals surface area contributed by atoms with Crippen LogP contribution in [-0.4, -0.2) is 13.2 Å². The number of aryl methyl sites for hydroxylation is 1. The third kappa shape index (κ3) is 2.59. The quantitative estimate of drug-likeness (QED) is 0.663. The molecule has 4 heteroatoms. The van der Waals surface area contributed by atoms with Gasteiger partial charge in [0.25, 0.3) is 0 Å². The third-order valence-corrected chi connectivity index (χ3v) is 5.46. The zero-order valence-corrected chi connectivity index (χ0v) is 14.2. The minimum absolute atomic E-state index is 0.118. The summed E-state index contributed by atoms with van der Waals surface area (Å²) >= 11 is 7.45. The van der Waals surface area contributed by atoms with Gasteiger partial charge in [0.05, 0.1) is 4.83 Å². The molecule has 20 heavy (non-hydrogen) atoms. The van der Waals surface area contributed by atoms with E-state index in [1.54, 1.807) is 0 Å². The lowest BCUT2D eigenvalue weighted by Gasteiger charge is -2.21. The third-order valence-electron chi connectivity index (χ3n) is 3.35. The molecule has 0 aromatic heterocycles. The standard InChI is InChI=1S/C16H14Br2O2/c1-10-3-2-4-12(15(10)17)16(18)11-5-6-13-14(9-11)20-8-7-19-13/h2-6,9,16H,7-8H2,1H3. The molecule has 1 atom stereocenters. The fraction of sp³-hybridized carbons (Fsp3) is 0.250. The van der Waals surface area contributed by atoms with Crippen molar-refractivity contribution in [3.05, 3.63) is 57.6 Å². The molecule has 0 saturated carbocycles. The van der Waals surface area contributed by atoms with Gasteiger partial charge in [-0.05, 0) is 35.7 Å². The van der Waals surface area contributed by atoms with Crippen molar-refractivity contribution >= 4 is 31.9 Å². The number of ether oxygens (including phenoxy) is 2. The minimum Gasteiger partial charge on any atom is -0.486 e. The van der Waals surface area contributed by atoms with Crippen LogP contribution in [0.25, 0.3) is 0 Å². The Balaban J connectivity index is 1.98. The highest BCUT2D eigenvalue weighted by atomic mass is 79.9. The molecular formula is C16H14Br2O2. The maximum Gasteiger partial charge on any atom is 0.161 e. The summed E-state index contributed by atoms with van der Waals surface area (Å²) in [5, 5.41) is 0. The summed E-state index contributed by atoms with van der Waals surface area (Å²) in [6, 6.07) is 12.4. The number of halogens is 2. The lowest BCUT2D eigenvalue weighted by atomic mass is 10.0. The maximum atomic E-state index is 5.65. The highest BCUT2D eigenvalue weighted by Crippen LogP contribution is 2.40. The molecule has 0 fully saturated rings. The molecule has 1 unspecified atom stereocenters. The summed E-state index contributed by atoms with van der Waals surface area (Å²) in [5.41, 5.74) is 3.59. The van der Waals surface area contributed by atoms with Crippen LogP contribution in [0.4, 0.5) is 0 Å². The van der Waals surface area contributed by atoms with Gasteiger partial charge >= 0.3 is 0 Å². The van der Waals surface area contributed by atoms with Crippen molar-refractivity contribution in [2.45, 2.75) is 11.8 Å². The monoisotopic (exact) mass is 396 g/mol. The predicted octanol–water partition coefficient (Wildman–Crippen LogP) is 5.01. The van der Waals surface area contributed by atoms with Crippen LogP contribution in [-0.2, 0) is 0 Å². The molecule has 1 aliphatic rings. The first-order valence-electron chi connectivity index (χ1n) is 6.45. The summed E-state index contributed by atoms with van der Waals surface area (Å²) in [5.74, 6) is 1.64. The zero-order valence-electron chi connectivity index (χ0n) is 11.0. The second-order valence-corrected chi connectivity index (χ2v) is 6.45. The molecule has 1 heterocycles. The SMILES string of the molecule is Cc1cccc(C(Br)c2ccc3c(c2)OCCO3)c1Br. The molecule has 0 radical (unpaired) electrons. The first kappa shape index (κ1) is 14.0. The fourth-order valence-corrected chi connectivity index (χ4v) is 3.73. The van der Waals surface area contributed by atoms with Crippen molar-refractivity contribution in [3.63, 3.8) is 0 Å². The number of alkyl halides is 1. The van der Waals surface area contributed by atoms with E-state index in [0.717, 1.165) is 21.5 Å². The highest BCUT2D eigenvalue weighted by Gasteiger charge is 2.18. The maximum absolute atomic E-state index is 5.65. The Bertz CT molecular complexity index is 640. The number of benzene rings is 2. The summed E-state index contributed by atoms with van der Waals surface area (Å²) < 4.78 is 12.3. The van der Waals surface area contributed by atoms with Crippen LogP contribution >= 0.6 is 31.9 Å². The molecular weight excluding hydrogens is 384 g/mol. The molecule has 1 aliphatic heterocycles. The fourth-order valence-electron chi connectivity index (χ4n) is 2.26. The van der Waals surface area contributed by atoms with Crippen molar-refractivity contribution in [1.82, 2.24) is 0 Å². The summed E-state index contributed by atoms with van der Waals surface area (Å²) in [4.78, 5) is 0.118. The van der Waals surface area contributed by atoms with E-state index in [1.807, 2.05) is 12.1 Å². The van der Waals surface area contributed by atoms with Crippen LogP contribution in [0, 0.1) is 6.92 Å². The second kappa shape index (κ2) is 5.78. The Labute approximate surface area is 135 Å². The molecule has 0 spiro atoms. The van der Waals surface area contributed by atoms with Gasteiger partial charge < -0.3 is 9.47 Å². The molecule has 2 nitrogen and oxygen atoms in total. The average molecular weight is 398 g/mol. The van der Waals surface area contributed by atoms with E-state index in [2.05, 4.69) is 63.0 Å². The largest absolute Gasteiger partial charge is 0.486 e. The normalized spacial score (nSPS) is 14.9. The molecule has 2 aromatic rings.